The molecule has 1 saturated heterocycles. The maximum atomic E-state index is 5.99. The number of hydrogen-bond acceptors (Lipinski definition) is 1. The zero-order chi connectivity index (χ0) is 11.4. The molecule has 1 aliphatic heterocycles. The normalized spacial score (nSPS) is 23.5. The fraction of sp³-hybridized carbons (Fsp3) is 0.600. The molecular weight excluding hydrogens is 196 g/mol. The number of benzene rings is 1. The monoisotopic (exact) mass is 218 g/mol. The van der Waals surface area contributed by atoms with E-state index in [-0.39, 0.29) is 5.60 Å². The van der Waals surface area contributed by atoms with Crippen LogP contribution in [0.3, 0.4) is 0 Å². The standard InChI is InChI=1S/C15H22O/c1-15(2)12-11-14(16-15)10-6-9-13-7-4-3-5-8-13/h3-5,7-8,14H,6,9-12H2,1-2H3. The predicted molar refractivity (Wildman–Crippen MR) is 67.6 cm³/mol. The van der Waals surface area contributed by atoms with Gasteiger partial charge in [0, 0.05) is 0 Å². The van der Waals surface area contributed by atoms with E-state index in [9.17, 15) is 0 Å². The summed E-state index contributed by atoms with van der Waals surface area (Å²) in [6, 6.07) is 10.7. The van der Waals surface area contributed by atoms with Gasteiger partial charge < -0.3 is 4.74 Å². The van der Waals surface area contributed by atoms with Crippen molar-refractivity contribution in [2.45, 2.75) is 57.7 Å². The first-order valence-corrected chi connectivity index (χ1v) is 6.37. The minimum absolute atomic E-state index is 0.122. The number of aryl methyl sites for hydroxylation is 1. The Morgan fingerprint density at radius 1 is 1.25 bits per heavy atom. The molecule has 1 aromatic carbocycles. The molecule has 1 atom stereocenters. The Hall–Kier alpha value is -0.820. The molecule has 0 aromatic heterocycles. The second-order valence-corrected chi connectivity index (χ2v) is 5.42. The highest BCUT2D eigenvalue weighted by Gasteiger charge is 2.30. The van der Waals surface area contributed by atoms with Crippen LogP contribution >= 0.6 is 0 Å². The molecule has 1 heteroatoms. The highest BCUT2D eigenvalue weighted by molar-refractivity contribution is 5.14. The molecule has 2 rings (SSSR count). The quantitative estimate of drug-likeness (QED) is 0.743. The van der Waals surface area contributed by atoms with E-state index in [4.69, 9.17) is 4.74 Å². The fourth-order valence-electron chi connectivity index (χ4n) is 2.46. The van der Waals surface area contributed by atoms with Gasteiger partial charge in [-0.3, -0.25) is 0 Å². The first kappa shape index (κ1) is 11.7. The molecule has 1 aromatic rings. The van der Waals surface area contributed by atoms with Crippen molar-refractivity contribution in [3.63, 3.8) is 0 Å². The van der Waals surface area contributed by atoms with Crippen LogP contribution in [0.5, 0.6) is 0 Å². The van der Waals surface area contributed by atoms with E-state index < -0.39 is 0 Å². The van der Waals surface area contributed by atoms with Gasteiger partial charge in [-0.15, -0.1) is 0 Å². The smallest absolute Gasteiger partial charge is 0.0631 e. The van der Waals surface area contributed by atoms with E-state index in [0.29, 0.717) is 6.10 Å². The summed E-state index contributed by atoms with van der Waals surface area (Å²) in [6.45, 7) is 4.40. The van der Waals surface area contributed by atoms with Crippen LogP contribution in [0.2, 0.25) is 0 Å². The van der Waals surface area contributed by atoms with Crippen LogP contribution < -0.4 is 0 Å². The highest BCUT2D eigenvalue weighted by Crippen LogP contribution is 2.31. The van der Waals surface area contributed by atoms with Gasteiger partial charge in [0.15, 0.2) is 0 Å². The lowest BCUT2D eigenvalue weighted by Crippen LogP contribution is -2.19. The molecule has 1 unspecified atom stereocenters. The molecular formula is C15H22O. The van der Waals surface area contributed by atoms with Gasteiger partial charge in [0.2, 0.25) is 0 Å². The molecule has 88 valence electrons. The summed E-state index contributed by atoms with van der Waals surface area (Å²) < 4.78 is 5.99. The summed E-state index contributed by atoms with van der Waals surface area (Å²) in [5.41, 5.74) is 1.57. The maximum Gasteiger partial charge on any atom is 0.0631 e. The van der Waals surface area contributed by atoms with Crippen molar-refractivity contribution in [2.75, 3.05) is 0 Å². The van der Waals surface area contributed by atoms with Crippen molar-refractivity contribution in [1.82, 2.24) is 0 Å². The van der Waals surface area contributed by atoms with Crippen LogP contribution in [0.1, 0.15) is 45.1 Å². The Kier molecular flexibility index (Phi) is 3.65. The van der Waals surface area contributed by atoms with Gasteiger partial charge in [0.05, 0.1) is 11.7 Å². The molecule has 0 bridgehead atoms. The average molecular weight is 218 g/mol. The fourth-order valence-corrected chi connectivity index (χ4v) is 2.46. The molecule has 16 heavy (non-hydrogen) atoms. The highest BCUT2D eigenvalue weighted by atomic mass is 16.5. The zero-order valence-electron chi connectivity index (χ0n) is 10.4. The van der Waals surface area contributed by atoms with Crippen LogP contribution in [-0.4, -0.2) is 11.7 Å². The Morgan fingerprint density at radius 3 is 2.62 bits per heavy atom. The SMILES string of the molecule is CC1(C)CCC(CCCc2ccccc2)O1. The third kappa shape index (κ3) is 3.34. The minimum atomic E-state index is 0.122. The van der Waals surface area contributed by atoms with Gasteiger partial charge in [0.25, 0.3) is 0 Å². The van der Waals surface area contributed by atoms with Crippen molar-refractivity contribution in [3.8, 4) is 0 Å². The Labute approximate surface area is 98.8 Å². The van der Waals surface area contributed by atoms with Gasteiger partial charge in [0.1, 0.15) is 0 Å². The van der Waals surface area contributed by atoms with E-state index in [1.54, 1.807) is 0 Å². The Morgan fingerprint density at radius 2 is 2.00 bits per heavy atom. The Bertz CT molecular complexity index is 315. The van der Waals surface area contributed by atoms with Gasteiger partial charge in [-0.1, -0.05) is 30.3 Å². The van der Waals surface area contributed by atoms with Crippen LogP contribution in [0.15, 0.2) is 30.3 Å². The molecule has 1 heterocycles. The van der Waals surface area contributed by atoms with Gasteiger partial charge in [-0.05, 0) is 51.5 Å². The summed E-state index contributed by atoms with van der Waals surface area (Å²) >= 11 is 0. The van der Waals surface area contributed by atoms with Crippen molar-refractivity contribution in [2.24, 2.45) is 0 Å². The average Bonchev–Trinajstić information content (AvgIpc) is 2.60. The van der Waals surface area contributed by atoms with Crippen LogP contribution in [0.25, 0.3) is 0 Å². The number of hydrogen-bond donors (Lipinski definition) is 0. The first-order valence-electron chi connectivity index (χ1n) is 6.37. The van der Waals surface area contributed by atoms with E-state index in [1.807, 2.05) is 0 Å². The first-order chi connectivity index (χ1) is 7.66. The number of rotatable bonds is 4. The zero-order valence-corrected chi connectivity index (χ0v) is 10.4. The largest absolute Gasteiger partial charge is 0.372 e. The third-order valence-corrected chi connectivity index (χ3v) is 3.39. The van der Waals surface area contributed by atoms with Crippen LogP contribution in [-0.2, 0) is 11.2 Å². The molecule has 0 amide bonds. The van der Waals surface area contributed by atoms with Crippen LogP contribution in [0, 0.1) is 0 Å². The molecule has 0 radical (unpaired) electrons. The third-order valence-electron chi connectivity index (χ3n) is 3.39. The second kappa shape index (κ2) is 5.01. The lowest BCUT2D eigenvalue weighted by molar-refractivity contribution is -0.0188. The minimum Gasteiger partial charge on any atom is -0.372 e. The molecule has 0 saturated carbocycles. The summed E-state index contributed by atoms with van der Waals surface area (Å²) in [5, 5.41) is 0. The molecule has 0 N–H and O–H groups in total. The van der Waals surface area contributed by atoms with Crippen molar-refractivity contribution in [3.05, 3.63) is 35.9 Å². The molecule has 0 spiro atoms. The maximum absolute atomic E-state index is 5.99. The number of ether oxygens (including phenoxy) is 1. The second-order valence-electron chi connectivity index (χ2n) is 5.42. The van der Waals surface area contributed by atoms with Crippen LogP contribution in [0.4, 0.5) is 0 Å². The van der Waals surface area contributed by atoms with E-state index >= 15 is 0 Å². The van der Waals surface area contributed by atoms with Crippen molar-refractivity contribution < 1.29 is 4.74 Å². The molecule has 1 nitrogen and oxygen atoms in total. The Balaban J connectivity index is 1.70. The summed E-state index contributed by atoms with van der Waals surface area (Å²) in [4.78, 5) is 0. The van der Waals surface area contributed by atoms with E-state index in [0.717, 1.165) is 0 Å². The van der Waals surface area contributed by atoms with E-state index in [1.165, 1.54) is 37.7 Å². The van der Waals surface area contributed by atoms with Gasteiger partial charge in [-0.2, -0.15) is 0 Å². The molecule has 0 aliphatic carbocycles. The molecule has 1 aliphatic rings. The molecule has 1 fully saturated rings. The lowest BCUT2D eigenvalue weighted by Gasteiger charge is -2.19. The lowest BCUT2D eigenvalue weighted by atomic mass is 10.0. The predicted octanol–water partition coefficient (Wildman–Crippen LogP) is 3.97. The summed E-state index contributed by atoms with van der Waals surface area (Å²) in [5.74, 6) is 0. The van der Waals surface area contributed by atoms with Gasteiger partial charge >= 0.3 is 0 Å². The summed E-state index contributed by atoms with van der Waals surface area (Å²) in [7, 11) is 0. The topological polar surface area (TPSA) is 9.23 Å². The van der Waals surface area contributed by atoms with Gasteiger partial charge in [-0.25, -0.2) is 0 Å². The summed E-state index contributed by atoms with van der Waals surface area (Å²) in [6.07, 6.45) is 6.58. The van der Waals surface area contributed by atoms with Crippen molar-refractivity contribution in [1.29, 1.82) is 0 Å². The van der Waals surface area contributed by atoms with Crippen molar-refractivity contribution >= 4 is 0 Å². The van der Waals surface area contributed by atoms with E-state index in [2.05, 4.69) is 44.2 Å².